The number of nitrogens with one attached hydrogen (secondary N) is 3. The lowest BCUT2D eigenvalue weighted by Crippen LogP contribution is -2.60. The zero-order chi connectivity index (χ0) is 27.9. The molecule has 2 aliphatic heterocycles. The first-order valence-corrected chi connectivity index (χ1v) is 14.1. The highest BCUT2D eigenvalue weighted by Crippen LogP contribution is 2.65. The molecule has 0 radical (unpaired) electrons. The number of nitrogens with zero attached hydrogens (tertiary/aromatic N) is 2. The minimum Gasteiger partial charge on any atom is -0.356 e. The second kappa shape index (κ2) is 11.0. The van der Waals surface area contributed by atoms with Gasteiger partial charge in [-0.3, -0.25) is 29.4 Å². The van der Waals surface area contributed by atoms with Crippen molar-refractivity contribution in [2.45, 2.75) is 77.5 Å². The number of hydrazine groups is 1. The van der Waals surface area contributed by atoms with Gasteiger partial charge in [0.15, 0.2) is 0 Å². The summed E-state index contributed by atoms with van der Waals surface area (Å²) in [5.41, 5.74) is -0.107. The largest absolute Gasteiger partial charge is 0.356 e. The third-order valence-electron chi connectivity index (χ3n) is 9.06. The molecule has 0 unspecified atom stereocenters. The van der Waals surface area contributed by atoms with Crippen molar-refractivity contribution in [1.29, 1.82) is 0 Å². The summed E-state index contributed by atoms with van der Waals surface area (Å²) >= 11 is 5.42. The fourth-order valence-electron chi connectivity index (χ4n) is 6.30. The first-order valence-electron chi connectivity index (χ1n) is 13.7. The van der Waals surface area contributed by atoms with Gasteiger partial charge in [-0.25, -0.2) is 9.40 Å². The smallest absolute Gasteiger partial charge is 0.291 e. The van der Waals surface area contributed by atoms with Crippen molar-refractivity contribution in [2.75, 3.05) is 19.6 Å². The molecule has 5 amide bonds. The van der Waals surface area contributed by atoms with Crippen LogP contribution in [0.15, 0.2) is 0 Å². The number of hydrogen-bond acceptors (Lipinski definition) is 5. The fourth-order valence-corrected chi connectivity index (χ4v) is 6.41. The Balaban J connectivity index is 1.56. The second-order valence-electron chi connectivity index (χ2n) is 11.7. The predicted molar refractivity (Wildman–Crippen MR) is 137 cm³/mol. The van der Waals surface area contributed by atoms with Crippen LogP contribution in [-0.2, 0) is 24.0 Å². The van der Waals surface area contributed by atoms with Gasteiger partial charge in [0.2, 0.25) is 17.7 Å². The van der Waals surface area contributed by atoms with E-state index in [-0.39, 0.29) is 53.4 Å². The maximum atomic E-state index is 13.9. The first kappa shape index (κ1) is 28.6. The van der Waals surface area contributed by atoms with Gasteiger partial charge in [-0.2, -0.15) is 0 Å². The summed E-state index contributed by atoms with van der Waals surface area (Å²) in [5.74, 6) is -3.39. The van der Waals surface area contributed by atoms with E-state index in [4.69, 9.17) is 11.6 Å². The molecule has 4 rings (SSSR count). The molecule has 0 bridgehead atoms. The molecule has 4 aliphatic rings. The van der Waals surface area contributed by atoms with Gasteiger partial charge in [-0.15, -0.1) is 0 Å². The Morgan fingerprint density at radius 3 is 2.34 bits per heavy atom. The van der Waals surface area contributed by atoms with Crippen LogP contribution in [0, 0.1) is 35.0 Å². The molecule has 0 aromatic carbocycles. The summed E-state index contributed by atoms with van der Waals surface area (Å²) in [6, 6.07) is -1.66. The molecule has 2 heterocycles. The van der Waals surface area contributed by atoms with E-state index in [1.54, 1.807) is 0 Å². The van der Waals surface area contributed by atoms with Crippen molar-refractivity contribution >= 4 is 41.1 Å². The minimum absolute atomic E-state index is 0.0683. The number of rotatable bonds is 10. The van der Waals surface area contributed by atoms with Crippen LogP contribution in [0.1, 0.15) is 59.8 Å². The van der Waals surface area contributed by atoms with Gasteiger partial charge >= 0.3 is 0 Å². The van der Waals surface area contributed by atoms with Gasteiger partial charge in [0.25, 0.3) is 17.4 Å². The summed E-state index contributed by atoms with van der Waals surface area (Å²) in [7, 11) is 0. The van der Waals surface area contributed by atoms with E-state index in [9.17, 15) is 28.4 Å². The zero-order valence-corrected chi connectivity index (χ0v) is 23.2. The van der Waals surface area contributed by atoms with Crippen LogP contribution in [-0.4, -0.2) is 76.8 Å². The van der Waals surface area contributed by atoms with Crippen LogP contribution in [0.4, 0.5) is 4.39 Å². The fraction of sp³-hybridized carbons (Fsp3) is 0.808. The van der Waals surface area contributed by atoms with Gasteiger partial charge in [-0.05, 0) is 42.4 Å². The molecule has 0 aromatic rings. The zero-order valence-electron chi connectivity index (χ0n) is 22.5. The van der Waals surface area contributed by atoms with Crippen molar-refractivity contribution in [3.05, 3.63) is 0 Å². The van der Waals surface area contributed by atoms with E-state index in [1.165, 1.54) is 4.90 Å². The van der Waals surface area contributed by atoms with Crippen LogP contribution in [0.25, 0.3) is 0 Å². The van der Waals surface area contributed by atoms with E-state index >= 15 is 0 Å². The molecule has 2 aliphatic carbocycles. The van der Waals surface area contributed by atoms with E-state index in [0.29, 0.717) is 32.4 Å². The van der Waals surface area contributed by atoms with Crippen LogP contribution >= 0.6 is 11.6 Å². The van der Waals surface area contributed by atoms with Crippen LogP contribution in [0.3, 0.4) is 0 Å². The lowest BCUT2D eigenvalue weighted by atomic mass is 9.91. The molecule has 4 fully saturated rings. The normalized spacial score (nSPS) is 28.8. The maximum absolute atomic E-state index is 13.9. The Hall–Kier alpha value is -2.43. The number of halogens is 2. The van der Waals surface area contributed by atoms with E-state index in [0.717, 1.165) is 17.9 Å². The van der Waals surface area contributed by atoms with E-state index in [1.807, 2.05) is 27.7 Å². The number of likely N-dealkylation sites (tertiary alicyclic amines) is 1. The molecular formula is C26H39ClFN5O5. The van der Waals surface area contributed by atoms with Gasteiger partial charge in [0.05, 0.1) is 12.5 Å². The SMILES string of the molecule is CCC(CC)[C@H](NC(=O)C1CC1)C(=O)N1C[C@H]2[C@@H]([C@H]1C(=O)NN(C[C@@H]1CCNC1=O)C(=O)[C@H](F)Cl)C2(C)C. The predicted octanol–water partition coefficient (Wildman–Crippen LogP) is 1.33. The van der Waals surface area contributed by atoms with Crippen molar-refractivity contribution in [2.24, 2.45) is 35.0 Å². The Labute approximate surface area is 227 Å². The molecular weight excluding hydrogens is 517 g/mol. The van der Waals surface area contributed by atoms with E-state index in [2.05, 4.69) is 16.1 Å². The van der Waals surface area contributed by atoms with Crippen LogP contribution in [0.2, 0.25) is 0 Å². The standard InChI is InChI=1S/C26H39ClFN5O5/c1-5-13(6-2)18(30-22(35)14-7-8-14)24(37)32-12-16-17(26(16,3)4)19(32)23(36)31-33(25(38)20(27)28)11-15-9-10-29-21(15)34/h13-20H,5-12H2,1-4H3,(H,29,34)(H,30,35)(H,31,36)/t15-,16-,17-,18-,19-,20-/m0/s1. The molecule has 10 nitrogen and oxygen atoms in total. The Kier molecular flexibility index (Phi) is 8.26. The Bertz CT molecular complexity index is 985. The van der Waals surface area contributed by atoms with Crippen molar-refractivity contribution in [3.8, 4) is 0 Å². The first-order chi connectivity index (χ1) is 17.9. The lowest BCUT2D eigenvalue weighted by molar-refractivity contribution is -0.150. The van der Waals surface area contributed by atoms with Crippen molar-refractivity contribution in [3.63, 3.8) is 0 Å². The van der Waals surface area contributed by atoms with Crippen molar-refractivity contribution < 1.29 is 28.4 Å². The molecule has 12 heteroatoms. The van der Waals surface area contributed by atoms with Crippen molar-refractivity contribution in [1.82, 2.24) is 26.0 Å². The van der Waals surface area contributed by atoms with Crippen LogP contribution < -0.4 is 16.1 Å². The summed E-state index contributed by atoms with van der Waals surface area (Å²) in [6.45, 7) is 8.54. The third kappa shape index (κ3) is 5.49. The highest BCUT2D eigenvalue weighted by atomic mass is 35.5. The number of amides is 5. The molecule has 2 saturated carbocycles. The van der Waals surface area contributed by atoms with E-state index < -0.39 is 35.4 Å². The summed E-state index contributed by atoms with van der Waals surface area (Å²) < 4.78 is 13.8. The Morgan fingerprint density at radius 1 is 1.16 bits per heavy atom. The Morgan fingerprint density at radius 2 is 1.82 bits per heavy atom. The molecule has 212 valence electrons. The number of carbonyl (C=O) groups is 5. The van der Waals surface area contributed by atoms with Crippen LogP contribution in [0.5, 0.6) is 0 Å². The molecule has 3 N–H and O–H groups in total. The minimum atomic E-state index is -2.40. The average molecular weight is 556 g/mol. The summed E-state index contributed by atoms with van der Waals surface area (Å²) in [4.78, 5) is 66.4. The average Bonchev–Trinajstić information content (AvgIpc) is 3.69. The lowest BCUT2D eigenvalue weighted by Gasteiger charge is -2.36. The quantitative estimate of drug-likeness (QED) is 0.277. The number of piperidine rings is 1. The van der Waals surface area contributed by atoms with Gasteiger partial charge in [-0.1, -0.05) is 52.1 Å². The highest BCUT2D eigenvalue weighted by molar-refractivity contribution is 6.29. The monoisotopic (exact) mass is 555 g/mol. The number of alkyl halides is 2. The number of carbonyl (C=O) groups excluding carboxylic acids is 5. The highest BCUT2D eigenvalue weighted by Gasteiger charge is 2.69. The molecule has 0 spiro atoms. The molecule has 6 atom stereocenters. The summed E-state index contributed by atoms with van der Waals surface area (Å²) in [5, 5.41) is 6.38. The van der Waals surface area contributed by atoms with Gasteiger partial charge < -0.3 is 15.5 Å². The van der Waals surface area contributed by atoms with Gasteiger partial charge in [0.1, 0.15) is 12.1 Å². The number of hydrogen-bond donors (Lipinski definition) is 3. The summed E-state index contributed by atoms with van der Waals surface area (Å²) in [6.07, 6.45) is 3.41. The molecule has 2 saturated heterocycles. The number of fused-ring (bicyclic) bond motifs is 1. The second-order valence-corrected chi connectivity index (χ2v) is 12.1. The topological polar surface area (TPSA) is 128 Å². The molecule has 0 aromatic heterocycles. The maximum Gasteiger partial charge on any atom is 0.291 e. The molecule has 38 heavy (non-hydrogen) atoms. The third-order valence-corrected chi connectivity index (χ3v) is 9.24. The van der Waals surface area contributed by atoms with Gasteiger partial charge in [0, 0.05) is 19.0 Å².